The molecule has 3 rings (SSSR count). The van der Waals surface area contributed by atoms with Gasteiger partial charge in [-0.1, -0.05) is 42.5 Å². The predicted octanol–water partition coefficient (Wildman–Crippen LogP) is 2.61. The van der Waals surface area contributed by atoms with Crippen LogP contribution in [-0.2, 0) is 20.9 Å². The zero-order chi connectivity index (χ0) is 23.5. The van der Waals surface area contributed by atoms with Crippen LogP contribution in [0, 0.1) is 5.82 Å². The molecule has 0 aliphatic carbocycles. The summed E-state index contributed by atoms with van der Waals surface area (Å²) in [7, 11) is 0. The molecule has 0 aliphatic rings. The average molecular weight is 448 g/mol. The third-order valence-electron chi connectivity index (χ3n) is 4.24. The van der Waals surface area contributed by atoms with Crippen molar-refractivity contribution in [1.29, 1.82) is 0 Å². The number of ether oxygens (including phenoxy) is 1. The predicted molar refractivity (Wildman–Crippen MR) is 121 cm³/mol. The highest BCUT2D eigenvalue weighted by atomic mass is 19.1. The van der Waals surface area contributed by atoms with Crippen LogP contribution in [0.25, 0.3) is 0 Å². The maximum absolute atomic E-state index is 12.9. The molecule has 3 amide bonds. The molecule has 0 heterocycles. The molecule has 0 atom stereocenters. The second-order valence-electron chi connectivity index (χ2n) is 6.78. The Hall–Kier alpha value is -4.53. The van der Waals surface area contributed by atoms with Gasteiger partial charge in [0, 0.05) is 12.2 Å². The number of carbonyl (C=O) groups is 3. The average Bonchev–Trinajstić information content (AvgIpc) is 2.83. The van der Waals surface area contributed by atoms with Gasteiger partial charge in [-0.25, -0.2) is 9.82 Å². The van der Waals surface area contributed by atoms with Crippen molar-refractivity contribution >= 4 is 29.6 Å². The minimum absolute atomic E-state index is 0.227. The van der Waals surface area contributed by atoms with Gasteiger partial charge in [-0.15, -0.1) is 0 Å². The van der Waals surface area contributed by atoms with Crippen molar-refractivity contribution in [2.45, 2.75) is 6.54 Å². The van der Waals surface area contributed by atoms with E-state index in [-0.39, 0.29) is 13.2 Å². The summed E-state index contributed by atoms with van der Waals surface area (Å²) in [6.07, 6.45) is 1.34. The Morgan fingerprint density at radius 2 is 1.67 bits per heavy atom. The molecule has 8 nitrogen and oxygen atoms in total. The SMILES string of the molecule is O=C(COc1cccc(/C=N\NC(=O)C(=O)NCc2ccccc2)c1)Nc1ccc(F)cc1. The fourth-order valence-electron chi connectivity index (χ4n) is 2.64. The van der Waals surface area contributed by atoms with Gasteiger partial charge in [0.25, 0.3) is 5.91 Å². The van der Waals surface area contributed by atoms with E-state index >= 15 is 0 Å². The standard InChI is InChI=1S/C24H21FN4O4/c25-19-9-11-20(12-10-19)28-22(30)16-33-21-8-4-7-18(13-21)15-27-29-24(32)23(31)26-14-17-5-2-1-3-6-17/h1-13,15H,14,16H2,(H,26,31)(H,28,30)(H,29,32)/b27-15-. The Bertz CT molecular complexity index is 1130. The number of hydrazone groups is 1. The molecule has 0 aliphatic heterocycles. The monoisotopic (exact) mass is 448 g/mol. The number of carbonyl (C=O) groups excluding carboxylic acids is 3. The van der Waals surface area contributed by atoms with Gasteiger partial charge in [-0.3, -0.25) is 14.4 Å². The molecule has 3 aromatic rings. The molecule has 0 aromatic heterocycles. The molecule has 33 heavy (non-hydrogen) atoms. The first-order valence-electron chi connectivity index (χ1n) is 9.93. The van der Waals surface area contributed by atoms with Gasteiger partial charge in [-0.2, -0.15) is 5.10 Å². The Balaban J connectivity index is 1.43. The van der Waals surface area contributed by atoms with Gasteiger partial charge in [0.05, 0.1) is 6.21 Å². The third-order valence-corrected chi connectivity index (χ3v) is 4.24. The minimum atomic E-state index is -0.896. The topological polar surface area (TPSA) is 109 Å². The Morgan fingerprint density at radius 1 is 0.909 bits per heavy atom. The van der Waals surface area contributed by atoms with Gasteiger partial charge in [0.2, 0.25) is 0 Å². The molecular weight excluding hydrogens is 427 g/mol. The summed E-state index contributed by atoms with van der Waals surface area (Å²) in [5, 5.41) is 8.86. The number of rotatable bonds is 8. The van der Waals surface area contributed by atoms with E-state index in [1.807, 2.05) is 30.3 Å². The van der Waals surface area contributed by atoms with E-state index in [4.69, 9.17) is 4.74 Å². The number of nitrogens with zero attached hydrogens (tertiary/aromatic N) is 1. The number of halogens is 1. The van der Waals surface area contributed by atoms with Crippen molar-refractivity contribution in [2.75, 3.05) is 11.9 Å². The molecule has 3 aromatic carbocycles. The molecule has 0 radical (unpaired) electrons. The summed E-state index contributed by atoms with van der Waals surface area (Å²) >= 11 is 0. The van der Waals surface area contributed by atoms with E-state index in [0.717, 1.165) is 5.56 Å². The molecule has 0 saturated heterocycles. The lowest BCUT2D eigenvalue weighted by molar-refractivity contribution is -0.139. The number of nitrogens with one attached hydrogen (secondary N) is 3. The molecule has 0 unspecified atom stereocenters. The van der Waals surface area contributed by atoms with E-state index in [1.54, 1.807) is 24.3 Å². The van der Waals surface area contributed by atoms with Crippen LogP contribution in [0.15, 0.2) is 84.0 Å². The molecule has 0 fully saturated rings. The van der Waals surface area contributed by atoms with E-state index in [1.165, 1.54) is 30.5 Å². The van der Waals surface area contributed by atoms with E-state index in [2.05, 4.69) is 21.2 Å². The zero-order valence-electron chi connectivity index (χ0n) is 17.5. The molecule has 0 bridgehead atoms. The fraction of sp³-hybridized carbons (Fsp3) is 0.0833. The number of hydrogen-bond acceptors (Lipinski definition) is 5. The van der Waals surface area contributed by atoms with Gasteiger partial charge >= 0.3 is 11.8 Å². The summed E-state index contributed by atoms with van der Waals surface area (Å²) in [6, 6.07) is 21.2. The van der Waals surface area contributed by atoms with Crippen LogP contribution in [0.5, 0.6) is 5.75 Å². The summed E-state index contributed by atoms with van der Waals surface area (Å²) in [5.41, 5.74) is 4.05. The van der Waals surface area contributed by atoms with Crippen LogP contribution in [0.4, 0.5) is 10.1 Å². The summed E-state index contributed by atoms with van der Waals surface area (Å²) in [5.74, 6) is -2.10. The third kappa shape index (κ3) is 7.91. The highest BCUT2D eigenvalue weighted by Crippen LogP contribution is 2.13. The largest absolute Gasteiger partial charge is 0.484 e. The smallest absolute Gasteiger partial charge is 0.329 e. The first kappa shape index (κ1) is 23.1. The van der Waals surface area contributed by atoms with Crippen LogP contribution in [0.2, 0.25) is 0 Å². The van der Waals surface area contributed by atoms with Crippen molar-refractivity contribution in [2.24, 2.45) is 5.10 Å². The second kappa shape index (κ2) is 11.8. The fourth-order valence-corrected chi connectivity index (χ4v) is 2.64. The first-order valence-corrected chi connectivity index (χ1v) is 9.93. The lowest BCUT2D eigenvalue weighted by Crippen LogP contribution is -2.37. The number of benzene rings is 3. The van der Waals surface area contributed by atoms with Crippen molar-refractivity contribution in [3.05, 3.63) is 95.8 Å². The summed E-state index contributed by atoms with van der Waals surface area (Å²) in [4.78, 5) is 35.6. The van der Waals surface area contributed by atoms with Crippen LogP contribution < -0.4 is 20.8 Å². The minimum Gasteiger partial charge on any atom is -0.484 e. The number of amides is 3. The molecule has 3 N–H and O–H groups in total. The molecule has 0 saturated carbocycles. The van der Waals surface area contributed by atoms with E-state index in [0.29, 0.717) is 17.0 Å². The van der Waals surface area contributed by atoms with Gasteiger partial charge in [0.15, 0.2) is 6.61 Å². The van der Waals surface area contributed by atoms with Gasteiger partial charge in [-0.05, 0) is 47.5 Å². The van der Waals surface area contributed by atoms with Gasteiger partial charge < -0.3 is 15.4 Å². The van der Waals surface area contributed by atoms with Crippen molar-refractivity contribution in [3.8, 4) is 5.75 Å². The highest BCUT2D eigenvalue weighted by molar-refractivity contribution is 6.35. The molecular formula is C24H21FN4O4. The zero-order valence-corrected chi connectivity index (χ0v) is 17.5. The second-order valence-corrected chi connectivity index (χ2v) is 6.78. The normalized spacial score (nSPS) is 10.5. The lowest BCUT2D eigenvalue weighted by Gasteiger charge is -2.08. The maximum atomic E-state index is 12.9. The van der Waals surface area contributed by atoms with Crippen molar-refractivity contribution in [3.63, 3.8) is 0 Å². The maximum Gasteiger partial charge on any atom is 0.329 e. The quantitative estimate of drug-likeness (QED) is 0.280. The Kier molecular flexibility index (Phi) is 8.24. The van der Waals surface area contributed by atoms with Crippen LogP contribution >= 0.6 is 0 Å². The number of anilines is 1. The highest BCUT2D eigenvalue weighted by Gasteiger charge is 2.11. The first-order chi connectivity index (χ1) is 16.0. The van der Waals surface area contributed by atoms with Crippen LogP contribution in [0.3, 0.4) is 0 Å². The van der Waals surface area contributed by atoms with E-state index < -0.39 is 23.5 Å². The summed E-state index contributed by atoms with van der Waals surface area (Å²) in [6.45, 7) is -0.0266. The number of hydrogen-bond donors (Lipinski definition) is 3. The van der Waals surface area contributed by atoms with Crippen LogP contribution in [-0.4, -0.2) is 30.5 Å². The molecule has 168 valence electrons. The Morgan fingerprint density at radius 3 is 2.42 bits per heavy atom. The van der Waals surface area contributed by atoms with Crippen molar-refractivity contribution < 1.29 is 23.5 Å². The van der Waals surface area contributed by atoms with Gasteiger partial charge in [0.1, 0.15) is 11.6 Å². The van der Waals surface area contributed by atoms with Crippen molar-refractivity contribution in [1.82, 2.24) is 10.7 Å². The Labute approximate surface area is 189 Å². The van der Waals surface area contributed by atoms with E-state index in [9.17, 15) is 18.8 Å². The van der Waals surface area contributed by atoms with Crippen LogP contribution in [0.1, 0.15) is 11.1 Å². The lowest BCUT2D eigenvalue weighted by atomic mass is 10.2. The molecule has 9 heteroatoms. The summed E-state index contributed by atoms with van der Waals surface area (Å²) < 4.78 is 18.4. The molecule has 0 spiro atoms.